The Hall–Kier alpha value is -1.87. The summed E-state index contributed by atoms with van der Waals surface area (Å²) in [6, 6.07) is 11.3. The van der Waals surface area contributed by atoms with Gasteiger partial charge in [-0.15, -0.1) is 0 Å². The molecule has 0 spiro atoms. The Balaban J connectivity index is 2.14. The standard InChI is InChI=1S/C13H13NO2/c1-10-3-2-4-12(7-10)16-13-6-5-11(9-15)8-14-13/h2-8,15H,9H2,1H3. The molecule has 16 heavy (non-hydrogen) atoms. The number of aryl methyl sites for hydroxylation is 1. The predicted octanol–water partition coefficient (Wildman–Crippen LogP) is 2.67. The van der Waals surface area contributed by atoms with E-state index < -0.39 is 0 Å². The molecule has 3 heteroatoms. The molecule has 0 aliphatic carbocycles. The highest BCUT2D eigenvalue weighted by Gasteiger charge is 1.98. The van der Waals surface area contributed by atoms with Gasteiger partial charge in [-0.25, -0.2) is 4.98 Å². The number of pyridine rings is 1. The lowest BCUT2D eigenvalue weighted by Gasteiger charge is -2.05. The Morgan fingerprint density at radius 1 is 1.25 bits per heavy atom. The normalized spacial score (nSPS) is 10.1. The van der Waals surface area contributed by atoms with Gasteiger partial charge in [-0.05, 0) is 36.2 Å². The van der Waals surface area contributed by atoms with Crippen molar-refractivity contribution in [1.82, 2.24) is 4.98 Å². The molecular formula is C13H13NO2. The zero-order chi connectivity index (χ0) is 11.4. The van der Waals surface area contributed by atoms with E-state index in [9.17, 15) is 0 Å². The average molecular weight is 215 g/mol. The monoisotopic (exact) mass is 215 g/mol. The number of ether oxygens (including phenoxy) is 1. The van der Waals surface area contributed by atoms with Gasteiger partial charge in [0.05, 0.1) is 6.61 Å². The molecule has 3 nitrogen and oxygen atoms in total. The fraction of sp³-hybridized carbons (Fsp3) is 0.154. The number of aliphatic hydroxyl groups excluding tert-OH is 1. The van der Waals surface area contributed by atoms with Gasteiger partial charge in [0.1, 0.15) is 5.75 Å². The Labute approximate surface area is 94.3 Å². The summed E-state index contributed by atoms with van der Waals surface area (Å²) >= 11 is 0. The van der Waals surface area contributed by atoms with Gasteiger partial charge in [0.15, 0.2) is 0 Å². The summed E-state index contributed by atoms with van der Waals surface area (Å²) in [4.78, 5) is 4.09. The van der Waals surface area contributed by atoms with Crippen LogP contribution in [0.5, 0.6) is 11.6 Å². The van der Waals surface area contributed by atoms with Crippen LogP contribution < -0.4 is 4.74 Å². The molecule has 0 radical (unpaired) electrons. The lowest BCUT2D eigenvalue weighted by Crippen LogP contribution is -1.90. The maximum atomic E-state index is 8.87. The van der Waals surface area contributed by atoms with Crippen molar-refractivity contribution in [2.24, 2.45) is 0 Å². The van der Waals surface area contributed by atoms with Crippen molar-refractivity contribution in [3.8, 4) is 11.6 Å². The minimum atomic E-state index is -0.00226. The van der Waals surface area contributed by atoms with E-state index in [2.05, 4.69) is 4.98 Å². The first-order valence-corrected chi connectivity index (χ1v) is 5.08. The second kappa shape index (κ2) is 4.77. The summed E-state index contributed by atoms with van der Waals surface area (Å²) < 4.78 is 5.57. The third-order valence-corrected chi connectivity index (χ3v) is 2.19. The number of benzene rings is 1. The van der Waals surface area contributed by atoms with Crippen LogP contribution in [-0.4, -0.2) is 10.1 Å². The number of aliphatic hydroxyl groups is 1. The molecule has 0 fully saturated rings. The Morgan fingerprint density at radius 2 is 2.12 bits per heavy atom. The van der Waals surface area contributed by atoms with Crippen LogP contribution in [0.15, 0.2) is 42.6 Å². The molecule has 0 bridgehead atoms. The molecule has 0 unspecified atom stereocenters. The van der Waals surface area contributed by atoms with Crippen LogP contribution >= 0.6 is 0 Å². The van der Waals surface area contributed by atoms with E-state index in [4.69, 9.17) is 9.84 Å². The third-order valence-electron chi connectivity index (χ3n) is 2.19. The van der Waals surface area contributed by atoms with Crippen molar-refractivity contribution in [3.63, 3.8) is 0 Å². The summed E-state index contributed by atoms with van der Waals surface area (Å²) in [6.45, 7) is 2.01. The van der Waals surface area contributed by atoms with Crippen molar-refractivity contribution < 1.29 is 9.84 Å². The largest absolute Gasteiger partial charge is 0.439 e. The van der Waals surface area contributed by atoms with Crippen LogP contribution in [0.25, 0.3) is 0 Å². The molecule has 2 aromatic rings. The van der Waals surface area contributed by atoms with E-state index in [1.165, 1.54) is 0 Å². The Morgan fingerprint density at radius 3 is 2.75 bits per heavy atom. The van der Waals surface area contributed by atoms with Gasteiger partial charge in [0, 0.05) is 12.3 Å². The number of hydrogen-bond donors (Lipinski definition) is 1. The lowest BCUT2D eigenvalue weighted by atomic mass is 10.2. The summed E-state index contributed by atoms with van der Waals surface area (Å²) in [7, 11) is 0. The zero-order valence-electron chi connectivity index (χ0n) is 9.05. The van der Waals surface area contributed by atoms with E-state index >= 15 is 0 Å². The highest BCUT2D eigenvalue weighted by atomic mass is 16.5. The minimum absolute atomic E-state index is 0.00226. The van der Waals surface area contributed by atoms with E-state index in [0.717, 1.165) is 16.9 Å². The second-order valence-electron chi connectivity index (χ2n) is 3.58. The lowest BCUT2D eigenvalue weighted by molar-refractivity contribution is 0.281. The van der Waals surface area contributed by atoms with E-state index in [-0.39, 0.29) is 6.61 Å². The molecule has 0 amide bonds. The van der Waals surface area contributed by atoms with Crippen molar-refractivity contribution >= 4 is 0 Å². The molecule has 82 valence electrons. The predicted molar refractivity (Wildman–Crippen MR) is 61.4 cm³/mol. The van der Waals surface area contributed by atoms with Crippen molar-refractivity contribution in [2.45, 2.75) is 13.5 Å². The maximum absolute atomic E-state index is 8.87. The van der Waals surface area contributed by atoms with Crippen LogP contribution in [0.2, 0.25) is 0 Å². The molecule has 0 aliphatic heterocycles. The quantitative estimate of drug-likeness (QED) is 0.855. The van der Waals surface area contributed by atoms with E-state index in [1.54, 1.807) is 18.3 Å². The SMILES string of the molecule is Cc1cccc(Oc2ccc(CO)cn2)c1. The molecule has 1 aromatic heterocycles. The molecule has 0 saturated heterocycles. The van der Waals surface area contributed by atoms with Gasteiger partial charge in [-0.1, -0.05) is 12.1 Å². The topological polar surface area (TPSA) is 42.4 Å². The average Bonchev–Trinajstić information content (AvgIpc) is 2.30. The number of rotatable bonds is 3. The van der Waals surface area contributed by atoms with Gasteiger partial charge in [-0.3, -0.25) is 0 Å². The first kappa shape index (κ1) is 10.6. The summed E-state index contributed by atoms with van der Waals surface area (Å²) in [5.41, 5.74) is 1.92. The Bertz CT molecular complexity index is 466. The Kier molecular flexibility index (Phi) is 3.17. The first-order chi connectivity index (χ1) is 7.78. The van der Waals surface area contributed by atoms with Crippen LogP contribution in [0, 0.1) is 6.92 Å². The molecule has 0 saturated carbocycles. The smallest absolute Gasteiger partial charge is 0.219 e. The number of aromatic nitrogens is 1. The van der Waals surface area contributed by atoms with Gasteiger partial charge in [0.2, 0.25) is 5.88 Å². The van der Waals surface area contributed by atoms with Gasteiger partial charge < -0.3 is 9.84 Å². The van der Waals surface area contributed by atoms with Crippen molar-refractivity contribution in [1.29, 1.82) is 0 Å². The van der Waals surface area contributed by atoms with E-state index in [0.29, 0.717) is 5.88 Å². The molecule has 0 atom stereocenters. The minimum Gasteiger partial charge on any atom is -0.439 e. The molecule has 1 heterocycles. The number of nitrogens with zero attached hydrogens (tertiary/aromatic N) is 1. The summed E-state index contributed by atoms with van der Waals surface area (Å²) in [5, 5.41) is 8.87. The highest BCUT2D eigenvalue weighted by Crippen LogP contribution is 2.20. The van der Waals surface area contributed by atoms with Crippen LogP contribution in [0.3, 0.4) is 0 Å². The highest BCUT2D eigenvalue weighted by molar-refractivity contribution is 5.31. The second-order valence-corrected chi connectivity index (χ2v) is 3.58. The molecule has 1 aromatic carbocycles. The summed E-state index contributed by atoms with van der Waals surface area (Å²) in [6.07, 6.45) is 1.60. The van der Waals surface area contributed by atoms with Gasteiger partial charge >= 0.3 is 0 Å². The molecule has 1 N–H and O–H groups in total. The molecular weight excluding hydrogens is 202 g/mol. The van der Waals surface area contributed by atoms with Crippen molar-refractivity contribution in [2.75, 3.05) is 0 Å². The molecule has 0 aliphatic rings. The third kappa shape index (κ3) is 2.58. The van der Waals surface area contributed by atoms with Crippen LogP contribution in [-0.2, 0) is 6.61 Å². The van der Waals surface area contributed by atoms with Gasteiger partial charge in [-0.2, -0.15) is 0 Å². The number of hydrogen-bond acceptors (Lipinski definition) is 3. The molecule has 2 rings (SSSR count). The van der Waals surface area contributed by atoms with Crippen LogP contribution in [0.1, 0.15) is 11.1 Å². The first-order valence-electron chi connectivity index (χ1n) is 5.08. The summed E-state index contributed by atoms with van der Waals surface area (Å²) in [5.74, 6) is 1.30. The zero-order valence-corrected chi connectivity index (χ0v) is 9.05. The van der Waals surface area contributed by atoms with Crippen molar-refractivity contribution in [3.05, 3.63) is 53.7 Å². The van der Waals surface area contributed by atoms with Crippen LogP contribution in [0.4, 0.5) is 0 Å². The fourth-order valence-corrected chi connectivity index (χ4v) is 1.36. The van der Waals surface area contributed by atoms with E-state index in [1.807, 2.05) is 31.2 Å². The van der Waals surface area contributed by atoms with Gasteiger partial charge in [0.25, 0.3) is 0 Å². The fourth-order valence-electron chi connectivity index (χ4n) is 1.36. The maximum Gasteiger partial charge on any atom is 0.219 e.